The third kappa shape index (κ3) is 5.89. The molecule has 11 nitrogen and oxygen atoms in total. The Morgan fingerprint density at radius 3 is 2.32 bits per heavy atom. The van der Waals surface area contributed by atoms with Gasteiger partial charge < -0.3 is 15.0 Å². The maximum absolute atomic E-state index is 13.1. The summed E-state index contributed by atoms with van der Waals surface area (Å²) in [6.07, 6.45) is 2.13. The molecule has 2 aromatic rings. The van der Waals surface area contributed by atoms with Crippen molar-refractivity contribution in [2.24, 2.45) is 0 Å². The number of carbonyl (C=O) groups excluding carboxylic acids is 4. The highest BCUT2D eigenvalue weighted by molar-refractivity contribution is 7.89. The van der Waals surface area contributed by atoms with E-state index in [1.54, 1.807) is 11.8 Å². The summed E-state index contributed by atoms with van der Waals surface area (Å²) in [5.74, 6) is -1.36. The number of anilines is 1. The van der Waals surface area contributed by atoms with E-state index in [4.69, 9.17) is 4.74 Å². The number of nitrogens with one attached hydrogen (secondary N) is 2. The van der Waals surface area contributed by atoms with E-state index in [0.717, 1.165) is 35.5 Å². The molecule has 1 aromatic heterocycles. The van der Waals surface area contributed by atoms with Crippen LogP contribution in [0.4, 0.5) is 9.80 Å². The molecule has 13 heteroatoms. The first-order valence-corrected chi connectivity index (χ1v) is 14.7. The van der Waals surface area contributed by atoms with E-state index >= 15 is 0 Å². The fourth-order valence-electron chi connectivity index (χ4n) is 4.53. The van der Waals surface area contributed by atoms with Crippen molar-refractivity contribution in [1.82, 2.24) is 14.5 Å². The molecule has 38 heavy (non-hydrogen) atoms. The van der Waals surface area contributed by atoms with Gasteiger partial charge in [0.05, 0.1) is 23.6 Å². The average Bonchev–Trinajstić information content (AvgIpc) is 3.26. The van der Waals surface area contributed by atoms with Crippen LogP contribution in [0.25, 0.3) is 0 Å². The van der Waals surface area contributed by atoms with Crippen LogP contribution in [-0.4, -0.2) is 67.7 Å². The number of alkyl carbamates (subject to hydrolysis) is 1. The smallest absolute Gasteiger partial charge is 0.414 e. The molecular formula is C25H30N4O7S2. The van der Waals surface area contributed by atoms with E-state index in [2.05, 4.69) is 10.6 Å². The van der Waals surface area contributed by atoms with Crippen LogP contribution in [0.3, 0.4) is 0 Å². The summed E-state index contributed by atoms with van der Waals surface area (Å²) in [7, 11) is -3.64. The number of benzene rings is 1. The van der Waals surface area contributed by atoms with Crippen molar-refractivity contribution in [3.8, 4) is 0 Å². The first-order valence-electron chi connectivity index (χ1n) is 12.4. The van der Waals surface area contributed by atoms with Crippen molar-refractivity contribution in [2.45, 2.75) is 51.0 Å². The molecule has 0 spiro atoms. The zero-order valence-corrected chi connectivity index (χ0v) is 22.9. The fraction of sp³-hybridized carbons (Fsp3) is 0.440. The Balaban J connectivity index is 1.58. The molecule has 204 valence electrons. The van der Waals surface area contributed by atoms with E-state index < -0.39 is 27.9 Å². The molecule has 0 unspecified atom stereocenters. The number of ether oxygens (including phenoxy) is 1. The molecule has 4 amide bonds. The van der Waals surface area contributed by atoms with Crippen LogP contribution >= 0.6 is 11.3 Å². The normalized spacial score (nSPS) is 15.9. The number of sulfonamides is 1. The van der Waals surface area contributed by atoms with Gasteiger partial charge in [0.15, 0.2) is 0 Å². The summed E-state index contributed by atoms with van der Waals surface area (Å²) < 4.78 is 32.1. The van der Waals surface area contributed by atoms with Crippen LogP contribution < -0.4 is 10.6 Å². The quantitative estimate of drug-likeness (QED) is 0.551. The molecule has 0 aliphatic carbocycles. The van der Waals surface area contributed by atoms with E-state index in [1.807, 2.05) is 0 Å². The number of carbonyl (C=O) groups is 4. The van der Waals surface area contributed by atoms with E-state index in [1.165, 1.54) is 35.5 Å². The third-order valence-electron chi connectivity index (χ3n) is 6.52. The fourth-order valence-corrected chi connectivity index (χ4v) is 7.30. The Hall–Kier alpha value is -3.29. The second-order valence-corrected chi connectivity index (χ2v) is 12.1. The van der Waals surface area contributed by atoms with Gasteiger partial charge in [-0.3, -0.25) is 19.7 Å². The lowest BCUT2D eigenvalue weighted by Crippen LogP contribution is -2.35. The number of imide groups is 1. The van der Waals surface area contributed by atoms with Crippen LogP contribution in [-0.2, 0) is 32.5 Å². The first kappa shape index (κ1) is 27.7. The highest BCUT2D eigenvalue weighted by Gasteiger charge is 2.31. The maximum atomic E-state index is 13.1. The van der Waals surface area contributed by atoms with Gasteiger partial charge in [-0.05, 0) is 56.0 Å². The second-order valence-electron chi connectivity index (χ2n) is 9.02. The van der Waals surface area contributed by atoms with Gasteiger partial charge >= 0.3 is 6.09 Å². The lowest BCUT2D eigenvalue weighted by Gasteiger charge is -2.26. The van der Waals surface area contributed by atoms with Crippen molar-refractivity contribution in [3.05, 3.63) is 45.8 Å². The number of hydrogen-bond acceptors (Lipinski definition) is 8. The Morgan fingerprint density at radius 2 is 1.68 bits per heavy atom. The topological polar surface area (TPSA) is 142 Å². The molecule has 2 aliphatic heterocycles. The van der Waals surface area contributed by atoms with Gasteiger partial charge in [-0.15, -0.1) is 11.3 Å². The van der Waals surface area contributed by atoms with Crippen molar-refractivity contribution < 1.29 is 32.3 Å². The molecule has 4 rings (SSSR count). The minimum Gasteiger partial charge on any atom is -0.450 e. The van der Waals surface area contributed by atoms with Crippen LogP contribution in [0.5, 0.6) is 0 Å². The predicted molar refractivity (Wildman–Crippen MR) is 141 cm³/mol. The van der Waals surface area contributed by atoms with E-state index in [-0.39, 0.29) is 40.1 Å². The first-order chi connectivity index (χ1) is 18.1. The van der Waals surface area contributed by atoms with Crippen LogP contribution in [0.2, 0.25) is 0 Å². The third-order valence-corrected chi connectivity index (χ3v) is 9.56. The minimum absolute atomic E-state index is 0.0848. The van der Waals surface area contributed by atoms with E-state index in [0.29, 0.717) is 31.6 Å². The second kappa shape index (κ2) is 11.6. The minimum atomic E-state index is -3.64. The largest absolute Gasteiger partial charge is 0.450 e. The standard InChI is InChI=1S/C25H30N4O7S2/c1-3-36-25(33)27-23(32)21-19-11-14-28(16(2)30)15-20(19)37-24(21)26-22(31)17-7-9-18(10-8-17)38(34,35)29-12-5-4-6-13-29/h7-10H,3-6,11-15H2,1-2H3,(H,26,31)(H,27,32,33). The van der Waals surface area contributed by atoms with Crippen LogP contribution in [0, 0.1) is 0 Å². The predicted octanol–water partition coefficient (Wildman–Crippen LogP) is 2.97. The maximum Gasteiger partial charge on any atom is 0.414 e. The van der Waals surface area contributed by atoms with Crippen molar-refractivity contribution in [3.63, 3.8) is 0 Å². The summed E-state index contributed by atoms with van der Waals surface area (Å²) in [6.45, 7) is 4.80. The monoisotopic (exact) mass is 562 g/mol. The summed E-state index contributed by atoms with van der Waals surface area (Å²) in [6, 6.07) is 5.65. The number of amides is 4. The van der Waals surface area contributed by atoms with Gasteiger partial charge in [0.1, 0.15) is 5.00 Å². The average molecular weight is 563 g/mol. The molecule has 1 saturated heterocycles. The number of nitrogens with zero attached hydrogens (tertiary/aromatic N) is 2. The molecule has 0 atom stereocenters. The molecule has 0 radical (unpaired) electrons. The lowest BCUT2D eigenvalue weighted by atomic mass is 10.0. The van der Waals surface area contributed by atoms with Crippen molar-refractivity contribution in [2.75, 3.05) is 31.6 Å². The van der Waals surface area contributed by atoms with Crippen molar-refractivity contribution >= 4 is 50.2 Å². The molecule has 2 N–H and O–H groups in total. The molecule has 0 saturated carbocycles. The summed E-state index contributed by atoms with van der Waals surface area (Å²) in [4.78, 5) is 52.4. The zero-order valence-electron chi connectivity index (χ0n) is 21.2. The molecule has 1 aromatic carbocycles. The van der Waals surface area contributed by atoms with E-state index in [9.17, 15) is 27.6 Å². The van der Waals surface area contributed by atoms with Crippen LogP contribution in [0.1, 0.15) is 64.3 Å². The lowest BCUT2D eigenvalue weighted by molar-refractivity contribution is -0.129. The van der Waals surface area contributed by atoms with Gasteiger partial charge in [0, 0.05) is 37.0 Å². The Bertz CT molecular complexity index is 1350. The molecule has 1 fully saturated rings. The highest BCUT2D eigenvalue weighted by atomic mass is 32.2. The van der Waals surface area contributed by atoms with Gasteiger partial charge in [0.25, 0.3) is 11.8 Å². The summed E-state index contributed by atoms with van der Waals surface area (Å²) >= 11 is 1.16. The Morgan fingerprint density at radius 1 is 1.00 bits per heavy atom. The number of hydrogen-bond donors (Lipinski definition) is 2. The summed E-state index contributed by atoms with van der Waals surface area (Å²) in [5.41, 5.74) is 1.02. The highest BCUT2D eigenvalue weighted by Crippen LogP contribution is 2.37. The zero-order chi connectivity index (χ0) is 27.4. The number of rotatable bonds is 6. The van der Waals surface area contributed by atoms with Gasteiger partial charge in [-0.2, -0.15) is 4.31 Å². The Labute approximate surface area is 225 Å². The Kier molecular flexibility index (Phi) is 8.48. The molecule has 0 bridgehead atoms. The number of piperidine rings is 1. The van der Waals surface area contributed by atoms with Gasteiger partial charge in [-0.25, -0.2) is 13.2 Å². The van der Waals surface area contributed by atoms with Crippen molar-refractivity contribution in [1.29, 1.82) is 0 Å². The number of fused-ring (bicyclic) bond motifs is 1. The molecule has 3 heterocycles. The van der Waals surface area contributed by atoms with Gasteiger partial charge in [-0.1, -0.05) is 6.42 Å². The SMILES string of the molecule is CCOC(=O)NC(=O)c1c(NC(=O)c2ccc(S(=O)(=O)N3CCCCC3)cc2)sc2c1CCN(C(C)=O)C2. The molecular weight excluding hydrogens is 532 g/mol. The number of thiophene rings is 1. The van der Waals surface area contributed by atoms with Gasteiger partial charge in [0.2, 0.25) is 15.9 Å². The van der Waals surface area contributed by atoms with Crippen LogP contribution in [0.15, 0.2) is 29.2 Å². The molecule has 2 aliphatic rings. The summed E-state index contributed by atoms with van der Waals surface area (Å²) in [5, 5.41) is 5.15.